The second-order valence-electron chi connectivity index (χ2n) is 6.15. The first-order valence-corrected chi connectivity index (χ1v) is 8.28. The first-order valence-electron chi connectivity index (χ1n) is 8.28. The monoisotopic (exact) mass is 344 g/mol. The largest absolute Gasteiger partial charge is 0.468 e. The molecule has 0 bridgehead atoms. The summed E-state index contributed by atoms with van der Waals surface area (Å²) in [5.41, 5.74) is 2.30. The Balaban J connectivity index is 1.86. The Morgan fingerprint density at radius 2 is 1.76 bits per heavy atom. The van der Waals surface area contributed by atoms with E-state index >= 15 is 0 Å². The van der Waals surface area contributed by atoms with Crippen molar-refractivity contribution < 1.29 is 28.3 Å². The Bertz CT molecular complexity index is 816. The molecule has 0 amide bonds. The summed E-state index contributed by atoms with van der Waals surface area (Å²) in [6.07, 6.45) is 3.86. The van der Waals surface area contributed by atoms with E-state index in [1.807, 2.05) is 6.07 Å². The SMILES string of the molecule is COC(=O)C(CC(=O)c1ccc2c3c(oc2c1)CCCC3)C(=O)OC. The maximum absolute atomic E-state index is 12.5. The van der Waals surface area contributed by atoms with Crippen LogP contribution in [0.15, 0.2) is 22.6 Å². The Kier molecular flexibility index (Phi) is 4.88. The first kappa shape index (κ1) is 17.2. The zero-order valence-electron chi connectivity index (χ0n) is 14.3. The van der Waals surface area contributed by atoms with E-state index in [1.54, 1.807) is 12.1 Å². The van der Waals surface area contributed by atoms with E-state index in [9.17, 15) is 14.4 Å². The highest BCUT2D eigenvalue weighted by Gasteiger charge is 2.31. The number of ether oxygens (including phenoxy) is 2. The molecule has 1 aromatic heterocycles. The molecule has 0 saturated heterocycles. The third-order valence-electron chi connectivity index (χ3n) is 4.64. The standard InChI is InChI=1S/C19H20O6/c1-23-18(21)14(19(22)24-2)10-15(20)11-7-8-13-12-5-3-4-6-16(12)25-17(13)9-11/h7-9,14H,3-6,10H2,1-2H3. The van der Waals surface area contributed by atoms with E-state index in [0.29, 0.717) is 11.1 Å². The molecule has 1 heterocycles. The van der Waals surface area contributed by atoms with Gasteiger partial charge in [-0.2, -0.15) is 0 Å². The fourth-order valence-electron chi connectivity index (χ4n) is 3.29. The molecule has 0 spiro atoms. The maximum Gasteiger partial charge on any atom is 0.320 e. The van der Waals surface area contributed by atoms with Crippen LogP contribution in [0.25, 0.3) is 11.0 Å². The Morgan fingerprint density at radius 3 is 2.44 bits per heavy atom. The van der Waals surface area contributed by atoms with Gasteiger partial charge >= 0.3 is 11.9 Å². The third-order valence-corrected chi connectivity index (χ3v) is 4.64. The van der Waals surface area contributed by atoms with Crippen LogP contribution in [0.5, 0.6) is 0 Å². The van der Waals surface area contributed by atoms with Crippen molar-refractivity contribution in [1.29, 1.82) is 0 Å². The summed E-state index contributed by atoms with van der Waals surface area (Å²) >= 11 is 0. The maximum atomic E-state index is 12.5. The van der Waals surface area contributed by atoms with Crippen LogP contribution in [-0.2, 0) is 31.9 Å². The van der Waals surface area contributed by atoms with Gasteiger partial charge in [-0.15, -0.1) is 0 Å². The van der Waals surface area contributed by atoms with Crippen molar-refractivity contribution >= 4 is 28.7 Å². The van der Waals surface area contributed by atoms with Gasteiger partial charge in [0.15, 0.2) is 11.7 Å². The zero-order valence-corrected chi connectivity index (χ0v) is 14.3. The molecule has 0 saturated carbocycles. The molecule has 1 aromatic carbocycles. The summed E-state index contributed by atoms with van der Waals surface area (Å²) in [7, 11) is 2.34. The minimum atomic E-state index is -1.26. The van der Waals surface area contributed by atoms with Gasteiger partial charge in [-0.05, 0) is 25.3 Å². The van der Waals surface area contributed by atoms with Crippen LogP contribution in [-0.4, -0.2) is 31.9 Å². The van der Waals surface area contributed by atoms with Crippen LogP contribution < -0.4 is 0 Å². The van der Waals surface area contributed by atoms with Gasteiger partial charge in [-0.1, -0.05) is 12.1 Å². The fourth-order valence-corrected chi connectivity index (χ4v) is 3.29. The number of esters is 2. The number of benzene rings is 1. The lowest BCUT2D eigenvalue weighted by Gasteiger charge is -2.11. The fraction of sp³-hybridized carbons (Fsp3) is 0.421. The quantitative estimate of drug-likeness (QED) is 0.471. The number of ketones is 1. The highest BCUT2D eigenvalue weighted by Crippen LogP contribution is 2.32. The molecular formula is C19H20O6. The topological polar surface area (TPSA) is 82.8 Å². The third kappa shape index (κ3) is 3.29. The normalized spacial score (nSPS) is 13.6. The number of Topliss-reactive ketones (excluding diaryl/α,β-unsaturated/α-hetero) is 1. The van der Waals surface area contributed by atoms with Crippen LogP contribution in [0.1, 0.15) is 40.9 Å². The van der Waals surface area contributed by atoms with Crippen molar-refractivity contribution in [3.05, 3.63) is 35.1 Å². The number of carbonyl (C=O) groups excluding carboxylic acids is 3. The summed E-state index contributed by atoms with van der Waals surface area (Å²) in [5.74, 6) is -2.17. The van der Waals surface area contributed by atoms with E-state index in [4.69, 9.17) is 4.42 Å². The first-order chi connectivity index (χ1) is 12.0. The number of carbonyl (C=O) groups is 3. The Hall–Kier alpha value is -2.63. The molecule has 3 rings (SSSR count). The number of methoxy groups -OCH3 is 2. The summed E-state index contributed by atoms with van der Waals surface area (Å²) in [6.45, 7) is 0. The van der Waals surface area contributed by atoms with Crippen molar-refractivity contribution in [2.45, 2.75) is 32.1 Å². The lowest BCUT2D eigenvalue weighted by molar-refractivity contribution is -0.158. The molecule has 2 aromatic rings. The van der Waals surface area contributed by atoms with Crippen molar-refractivity contribution in [3.63, 3.8) is 0 Å². The predicted octanol–water partition coefficient (Wildman–Crippen LogP) is 2.85. The second kappa shape index (κ2) is 7.09. The molecule has 1 aliphatic carbocycles. The molecule has 25 heavy (non-hydrogen) atoms. The van der Waals surface area contributed by atoms with E-state index in [1.165, 1.54) is 19.8 Å². The molecule has 6 heteroatoms. The second-order valence-corrected chi connectivity index (χ2v) is 6.15. The number of hydrogen-bond acceptors (Lipinski definition) is 6. The molecule has 0 radical (unpaired) electrons. The molecule has 0 fully saturated rings. The predicted molar refractivity (Wildman–Crippen MR) is 89.3 cm³/mol. The number of hydrogen-bond donors (Lipinski definition) is 0. The molecule has 0 unspecified atom stereocenters. The van der Waals surface area contributed by atoms with E-state index in [2.05, 4.69) is 9.47 Å². The minimum absolute atomic E-state index is 0.300. The summed E-state index contributed by atoms with van der Waals surface area (Å²) in [4.78, 5) is 36.0. The van der Waals surface area contributed by atoms with Crippen LogP contribution >= 0.6 is 0 Å². The van der Waals surface area contributed by atoms with Gasteiger partial charge in [0, 0.05) is 29.4 Å². The highest BCUT2D eigenvalue weighted by atomic mass is 16.5. The van der Waals surface area contributed by atoms with Gasteiger partial charge in [-0.25, -0.2) is 0 Å². The van der Waals surface area contributed by atoms with Crippen molar-refractivity contribution in [2.75, 3.05) is 14.2 Å². The van der Waals surface area contributed by atoms with Gasteiger partial charge in [0.2, 0.25) is 0 Å². The zero-order chi connectivity index (χ0) is 18.0. The average Bonchev–Trinajstić information content (AvgIpc) is 3.02. The molecule has 132 valence electrons. The van der Waals surface area contributed by atoms with Gasteiger partial charge in [0.1, 0.15) is 11.3 Å². The van der Waals surface area contributed by atoms with Gasteiger partial charge in [0.05, 0.1) is 14.2 Å². The van der Waals surface area contributed by atoms with E-state index < -0.39 is 17.9 Å². The average molecular weight is 344 g/mol. The summed E-state index contributed by atoms with van der Waals surface area (Å²) < 4.78 is 15.1. The lowest BCUT2D eigenvalue weighted by Crippen LogP contribution is -2.28. The summed E-state index contributed by atoms with van der Waals surface area (Å²) in [6, 6.07) is 5.27. The molecule has 0 N–H and O–H groups in total. The van der Waals surface area contributed by atoms with E-state index in [-0.39, 0.29) is 12.2 Å². The van der Waals surface area contributed by atoms with Crippen molar-refractivity contribution in [3.8, 4) is 0 Å². The number of rotatable bonds is 5. The molecule has 0 aliphatic heterocycles. The number of fused-ring (bicyclic) bond motifs is 3. The van der Waals surface area contributed by atoms with Crippen molar-refractivity contribution in [1.82, 2.24) is 0 Å². The summed E-state index contributed by atoms with van der Waals surface area (Å²) in [5, 5.41) is 1.03. The molecule has 6 nitrogen and oxygen atoms in total. The van der Waals surface area contributed by atoms with E-state index in [0.717, 1.165) is 36.8 Å². The highest BCUT2D eigenvalue weighted by molar-refractivity contribution is 6.05. The number of aryl methyl sites for hydroxylation is 2. The molecular weight excluding hydrogens is 324 g/mol. The van der Waals surface area contributed by atoms with Crippen LogP contribution in [0, 0.1) is 5.92 Å². The minimum Gasteiger partial charge on any atom is -0.468 e. The van der Waals surface area contributed by atoms with Gasteiger partial charge < -0.3 is 13.9 Å². The molecule has 1 aliphatic rings. The Labute approximate surface area is 145 Å². The molecule has 0 atom stereocenters. The lowest BCUT2D eigenvalue weighted by atomic mass is 9.94. The van der Waals surface area contributed by atoms with Gasteiger partial charge in [0.25, 0.3) is 0 Å². The van der Waals surface area contributed by atoms with Crippen molar-refractivity contribution in [2.24, 2.45) is 5.92 Å². The van der Waals surface area contributed by atoms with Crippen LogP contribution in [0.4, 0.5) is 0 Å². The Morgan fingerprint density at radius 1 is 1.08 bits per heavy atom. The number of furan rings is 1. The van der Waals surface area contributed by atoms with Gasteiger partial charge in [-0.3, -0.25) is 14.4 Å². The smallest absolute Gasteiger partial charge is 0.320 e. The van der Waals surface area contributed by atoms with Crippen LogP contribution in [0.2, 0.25) is 0 Å². The van der Waals surface area contributed by atoms with Crippen LogP contribution in [0.3, 0.4) is 0 Å².